The molecule has 2 N–H and O–H groups in total. The fourth-order valence-corrected chi connectivity index (χ4v) is 2.90. The van der Waals surface area contributed by atoms with Gasteiger partial charge in [0.2, 0.25) is 0 Å². The normalized spacial score (nSPS) is 23.2. The lowest BCUT2D eigenvalue weighted by molar-refractivity contribution is 0.522. The van der Waals surface area contributed by atoms with Gasteiger partial charge in [-0.3, -0.25) is 0 Å². The summed E-state index contributed by atoms with van der Waals surface area (Å²) < 4.78 is 0. The number of hydrogen-bond donors (Lipinski definition) is 2. The molecule has 3 rings (SSSR count). The van der Waals surface area contributed by atoms with Crippen molar-refractivity contribution < 1.29 is 0 Å². The van der Waals surface area contributed by atoms with E-state index in [1.165, 1.54) is 11.1 Å². The van der Waals surface area contributed by atoms with Crippen LogP contribution in [0.5, 0.6) is 0 Å². The van der Waals surface area contributed by atoms with Crippen molar-refractivity contribution in [2.24, 2.45) is 0 Å². The van der Waals surface area contributed by atoms with Gasteiger partial charge in [0.05, 0.1) is 16.8 Å². The summed E-state index contributed by atoms with van der Waals surface area (Å²) in [5.41, 5.74) is 3.93. The minimum absolute atomic E-state index is 0.408. The molecule has 0 amide bonds. The van der Waals surface area contributed by atoms with Gasteiger partial charge in [-0.05, 0) is 30.2 Å². The van der Waals surface area contributed by atoms with Crippen LogP contribution in [0.4, 0.5) is 5.69 Å². The van der Waals surface area contributed by atoms with E-state index < -0.39 is 0 Å². The second-order valence-corrected chi connectivity index (χ2v) is 5.76. The maximum atomic E-state index is 6.38. The van der Waals surface area contributed by atoms with Crippen LogP contribution in [0.15, 0.2) is 29.8 Å². The maximum absolute atomic E-state index is 6.38. The number of anilines is 1. The summed E-state index contributed by atoms with van der Waals surface area (Å²) in [6.45, 7) is 7.20. The van der Waals surface area contributed by atoms with Gasteiger partial charge in [0.1, 0.15) is 0 Å². The predicted molar refractivity (Wildman–Crippen MR) is 81.1 cm³/mol. The van der Waals surface area contributed by atoms with Gasteiger partial charge in [0, 0.05) is 32.7 Å². The summed E-state index contributed by atoms with van der Waals surface area (Å²) in [5.74, 6) is 0. The number of piperazine rings is 1. The second-order valence-electron chi connectivity index (χ2n) is 5.35. The molecule has 0 bridgehead atoms. The zero-order valence-corrected chi connectivity index (χ0v) is 12.0. The minimum Gasteiger partial charge on any atom is -0.361 e. The first-order chi connectivity index (χ1) is 9.24. The van der Waals surface area contributed by atoms with Gasteiger partial charge < -0.3 is 15.5 Å². The third-order valence-corrected chi connectivity index (χ3v) is 4.15. The Morgan fingerprint density at radius 2 is 2.16 bits per heavy atom. The van der Waals surface area contributed by atoms with Crippen molar-refractivity contribution in [2.75, 3.05) is 37.6 Å². The Labute approximate surface area is 119 Å². The average molecular weight is 278 g/mol. The van der Waals surface area contributed by atoms with Crippen LogP contribution < -0.4 is 15.5 Å². The lowest BCUT2D eigenvalue weighted by atomic mass is 10.0. The second kappa shape index (κ2) is 5.53. The molecule has 0 aromatic heterocycles. The molecule has 102 valence electrons. The molecule has 0 aliphatic carbocycles. The number of benzene rings is 1. The standard InChI is InChI=1S/C15H20ClN3/c1-11-2-3-14(16)15(6-11)19-5-4-17-10-13(19)7-12-8-18-9-12/h2-3,6-7,13,17-18H,4-5,8-10H2,1H3. The molecular weight excluding hydrogens is 258 g/mol. The van der Waals surface area contributed by atoms with Gasteiger partial charge in [0.25, 0.3) is 0 Å². The molecular formula is C15H20ClN3. The summed E-state index contributed by atoms with van der Waals surface area (Å²) in [7, 11) is 0. The Morgan fingerprint density at radius 3 is 2.89 bits per heavy atom. The Morgan fingerprint density at radius 1 is 1.32 bits per heavy atom. The molecule has 19 heavy (non-hydrogen) atoms. The SMILES string of the molecule is Cc1ccc(Cl)c(N2CCNCC2C=C2CNC2)c1. The number of nitrogens with one attached hydrogen (secondary N) is 2. The Balaban J connectivity index is 1.88. The summed E-state index contributed by atoms with van der Waals surface area (Å²) in [4.78, 5) is 2.43. The maximum Gasteiger partial charge on any atom is 0.0639 e. The summed E-state index contributed by atoms with van der Waals surface area (Å²) in [6.07, 6.45) is 2.39. The van der Waals surface area contributed by atoms with Crippen molar-refractivity contribution in [1.82, 2.24) is 10.6 Å². The van der Waals surface area contributed by atoms with Gasteiger partial charge in [-0.1, -0.05) is 23.7 Å². The molecule has 2 heterocycles. The molecule has 0 saturated carbocycles. The van der Waals surface area contributed by atoms with E-state index in [2.05, 4.69) is 40.7 Å². The van der Waals surface area contributed by atoms with Crippen LogP contribution in [0.25, 0.3) is 0 Å². The number of hydrogen-bond acceptors (Lipinski definition) is 3. The first-order valence-electron chi connectivity index (χ1n) is 6.88. The number of rotatable bonds is 2. The molecule has 4 heteroatoms. The Kier molecular flexibility index (Phi) is 3.78. The lowest BCUT2D eigenvalue weighted by Gasteiger charge is -2.38. The monoisotopic (exact) mass is 277 g/mol. The van der Waals surface area contributed by atoms with E-state index in [4.69, 9.17) is 11.6 Å². The van der Waals surface area contributed by atoms with E-state index in [-0.39, 0.29) is 0 Å². The summed E-state index contributed by atoms with van der Waals surface area (Å²) in [6, 6.07) is 6.67. The highest BCUT2D eigenvalue weighted by Gasteiger charge is 2.23. The van der Waals surface area contributed by atoms with Crippen molar-refractivity contribution in [3.63, 3.8) is 0 Å². The molecule has 0 radical (unpaired) electrons. The third kappa shape index (κ3) is 2.78. The van der Waals surface area contributed by atoms with Crippen LogP contribution in [0.1, 0.15) is 5.56 Å². The number of aryl methyl sites for hydroxylation is 1. The largest absolute Gasteiger partial charge is 0.361 e. The molecule has 1 aromatic rings. The Bertz CT molecular complexity index is 492. The van der Waals surface area contributed by atoms with Crippen LogP contribution in [-0.2, 0) is 0 Å². The van der Waals surface area contributed by atoms with Gasteiger partial charge in [-0.25, -0.2) is 0 Å². The number of halogens is 1. The molecule has 1 aromatic carbocycles. The third-order valence-electron chi connectivity index (χ3n) is 3.83. The van der Waals surface area contributed by atoms with E-state index in [0.29, 0.717) is 6.04 Å². The first kappa shape index (κ1) is 13.0. The van der Waals surface area contributed by atoms with Crippen molar-refractivity contribution in [2.45, 2.75) is 13.0 Å². The smallest absolute Gasteiger partial charge is 0.0639 e. The molecule has 2 saturated heterocycles. The first-order valence-corrected chi connectivity index (χ1v) is 7.25. The van der Waals surface area contributed by atoms with Crippen LogP contribution in [0, 0.1) is 6.92 Å². The van der Waals surface area contributed by atoms with Crippen LogP contribution in [0.3, 0.4) is 0 Å². The fraction of sp³-hybridized carbons (Fsp3) is 0.467. The Hall–Kier alpha value is -1.03. The molecule has 2 aliphatic rings. The molecule has 2 aliphatic heterocycles. The highest BCUT2D eigenvalue weighted by molar-refractivity contribution is 6.33. The predicted octanol–water partition coefficient (Wildman–Crippen LogP) is 1.96. The fourth-order valence-electron chi connectivity index (χ4n) is 2.68. The van der Waals surface area contributed by atoms with E-state index in [0.717, 1.165) is 43.4 Å². The zero-order valence-electron chi connectivity index (χ0n) is 11.2. The van der Waals surface area contributed by atoms with Gasteiger partial charge in [-0.2, -0.15) is 0 Å². The highest BCUT2D eigenvalue weighted by Crippen LogP contribution is 2.29. The van der Waals surface area contributed by atoms with Crippen molar-refractivity contribution in [1.29, 1.82) is 0 Å². The van der Waals surface area contributed by atoms with Crippen molar-refractivity contribution >= 4 is 17.3 Å². The lowest BCUT2D eigenvalue weighted by Crippen LogP contribution is -2.51. The van der Waals surface area contributed by atoms with Crippen LogP contribution in [0.2, 0.25) is 5.02 Å². The van der Waals surface area contributed by atoms with Crippen LogP contribution >= 0.6 is 11.6 Å². The van der Waals surface area contributed by atoms with Crippen molar-refractivity contribution in [3.05, 3.63) is 40.4 Å². The van der Waals surface area contributed by atoms with E-state index >= 15 is 0 Å². The van der Waals surface area contributed by atoms with Gasteiger partial charge >= 0.3 is 0 Å². The summed E-state index contributed by atoms with van der Waals surface area (Å²) >= 11 is 6.38. The minimum atomic E-state index is 0.408. The molecule has 1 unspecified atom stereocenters. The highest BCUT2D eigenvalue weighted by atomic mass is 35.5. The van der Waals surface area contributed by atoms with E-state index in [9.17, 15) is 0 Å². The average Bonchev–Trinajstić information content (AvgIpc) is 2.37. The van der Waals surface area contributed by atoms with E-state index in [1.54, 1.807) is 0 Å². The zero-order chi connectivity index (χ0) is 13.2. The molecule has 2 fully saturated rings. The number of nitrogens with zero attached hydrogens (tertiary/aromatic N) is 1. The quantitative estimate of drug-likeness (QED) is 0.810. The molecule has 0 spiro atoms. The van der Waals surface area contributed by atoms with Crippen molar-refractivity contribution in [3.8, 4) is 0 Å². The molecule has 3 nitrogen and oxygen atoms in total. The summed E-state index contributed by atoms with van der Waals surface area (Å²) in [5, 5.41) is 7.61. The van der Waals surface area contributed by atoms with E-state index in [1.807, 2.05) is 6.07 Å². The van der Waals surface area contributed by atoms with Gasteiger partial charge in [-0.15, -0.1) is 0 Å². The van der Waals surface area contributed by atoms with Crippen LogP contribution in [-0.4, -0.2) is 38.8 Å². The molecule has 1 atom stereocenters. The van der Waals surface area contributed by atoms with Gasteiger partial charge in [0.15, 0.2) is 0 Å². The topological polar surface area (TPSA) is 27.3 Å².